The van der Waals surface area contributed by atoms with Crippen LogP contribution in [-0.2, 0) is 6.54 Å². The third-order valence-electron chi connectivity index (χ3n) is 4.62. The Hall–Kier alpha value is -0.340. The minimum Gasteiger partial charge on any atom is -0.309 e. The zero-order valence-electron chi connectivity index (χ0n) is 10.7. The Labute approximate surface area is 109 Å². The van der Waals surface area contributed by atoms with E-state index < -0.39 is 0 Å². The maximum absolute atomic E-state index is 3.86. The molecule has 0 aliphatic heterocycles. The van der Waals surface area contributed by atoms with Crippen molar-refractivity contribution in [1.29, 1.82) is 0 Å². The molecule has 1 heterocycles. The summed E-state index contributed by atoms with van der Waals surface area (Å²) < 4.78 is 0. The molecule has 1 N–H and O–H groups in total. The highest BCUT2D eigenvalue weighted by molar-refractivity contribution is 7.11. The summed E-state index contributed by atoms with van der Waals surface area (Å²) in [4.78, 5) is 2.94. The predicted molar refractivity (Wildman–Crippen MR) is 74.4 cm³/mol. The molecule has 0 radical (unpaired) electrons. The maximum Gasteiger partial charge on any atom is 0.0302 e. The first-order chi connectivity index (χ1) is 8.33. The van der Waals surface area contributed by atoms with Gasteiger partial charge >= 0.3 is 0 Å². The van der Waals surface area contributed by atoms with Crippen LogP contribution in [0.4, 0.5) is 0 Å². The average molecular weight is 249 g/mol. The number of rotatable bonds is 5. The van der Waals surface area contributed by atoms with Crippen LogP contribution in [0.1, 0.15) is 48.3 Å². The van der Waals surface area contributed by atoms with Gasteiger partial charge in [-0.05, 0) is 56.6 Å². The summed E-state index contributed by atoms with van der Waals surface area (Å²) >= 11 is 1.94. The van der Waals surface area contributed by atoms with Crippen molar-refractivity contribution in [1.82, 2.24) is 5.32 Å². The van der Waals surface area contributed by atoms with Crippen molar-refractivity contribution >= 4 is 11.3 Å². The quantitative estimate of drug-likeness (QED) is 0.828. The van der Waals surface area contributed by atoms with Gasteiger partial charge in [0.15, 0.2) is 0 Å². The van der Waals surface area contributed by atoms with Gasteiger partial charge in [0.1, 0.15) is 0 Å². The molecule has 94 valence electrons. The first-order valence-corrected chi connectivity index (χ1v) is 7.93. The van der Waals surface area contributed by atoms with Gasteiger partial charge in [0.05, 0.1) is 0 Å². The van der Waals surface area contributed by atoms with Crippen LogP contribution in [0, 0.1) is 18.8 Å². The first-order valence-electron chi connectivity index (χ1n) is 7.11. The third-order valence-corrected chi connectivity index (χ3v) is 5.62. The molecule has 0 amide bonds. The smallest absolute Gasteiger partial charge is 0.0302 e. The average Bonchev–Trinajstić information content (AvgIpc) is 2.55. The van der Waals surface area contributed by atoms with Gasteiger partial charge in [-0.3, -0.25) is 0 Å². The molecule has 2 aliphatic carbocycles. The topological polar surface area (TPSA) is 12.0 Å². The molecule has 1 nitrogen and oxygen atoms in total. The molecule has 0 unspecified atom stereocenters. The highest BCUT2D eigenvalue weighted by Crippen LogP contribution is 2.40. The zero-order valence-corrected chi connectivity index (χ0v) is 11.6. The van der Waals surface area contributed by atoms with Crippen LogP contribution < -0.4 is 5.32 Å². The lowest BCUT2D eigenvalue weighted by molar-refractivity contribution is 0.122. The van der Waals surface area contributed by atoms with Crippen molar-refractivity contribution < 1.29 is 0 Å². The molecule has 17 heavy (non-hydrogen) atoms. The van der Waals surface area contributed by atoms with Crippen molar-refractivity contribution in [2.45, 2.75) is 58.0 Å². The Balaban J connectivity index is 1.56. The van der Waals surface area contributed by atoms with Crippen LogP contribution in [0.3, 0.4) is 0 Å². The molecule has 1 aromatic heterocycles. The summed E-state index contributed by atoms with van der Waals surface area (Å²) in [5.74, 6) is 1.97. The van der Waals surface area contributed by atoms with Crippen LogP contribution in [0.5, 0.6) is 0 Å². The molecule has 0 atom stereocenters. The number of thiophene rings is 1. The summed E-state index contributed by atoms with van der Waals surface area (Å²) in [7, 11) is 0. The van der Waals surface area contributed by atoms with Gasteiger partial charge in [-0.15, -0.1) is 11.3 Å². The van der Waals surface area contributed by atoms with Crippen molar-refractivity contribution in [3.05, 3.63) is 21.9 Å². The highest BCUT2D eigenvalue weighted by Gasteiger charge is 2.35. The lowest BCUT2D eigenvalue weighted by Crippen LogP contribution is -2.46. The van der Waals surface area contributed by atoms with E-state index in [0.717, 1.165) is 24.4 Å². The van der Waals surface area contributed by atoms with Gasteiger partial charge in [0, 0.05) is 22.3 Å². The largest absolute Gasteiger partial charge is 0.309 e. The van der Waals surface area contributed by atoms with Crippen molar-refractivity contribution in [2.24, 2.45) is 11.8 Å². The molecule has 0 aromatic carbocycles. The van der Waals surface area contributed by atoms with E-state index >= 15 is 0 Å². The Kier molecular flexibility index (Phi) is 3.53. The zero-order chi connectivity index (χ0) is 11.7. The summed E-state index contributed by atoms with van der Waals surface area (Å²) in [5.41, 5.74) is 0. The molecule has 0 spiro atoms. The van der Waals surface area contributed by atoms with Gasteiger partial charge < -0.3 is 5.32 Å². The van der Waals surface area contributed by atoms with E-state index in [1.165, 1.54) is 48.3 Å². The molecule has 2 heteroatoms. The van der Waals surface area contributed by atoms with Gasteiger partial charge in [-0.25, -0.2) is 0 Å². The molecular formula is C15H23NS. The highest BCUT2D eigenvalue weighted by atomic mass is 32.1. The molecule has 0 saturated heterocycles. The summed E-state index contributed by atoms with van der Waals surface area (Å²) in [6.07, 6.45) is 8.81. The molecule has 1 aromatic rings. The Morgan fingerprint density at radius 1 is 1.18 bits per heavy atom. The monoisotopic (exact) mass is 249 g/mol. The number of nitrogens with one attached hydrogen (secondary N) is 1. The fourth-order valence-corrected chi connectivity index (χ4v) is 3.96. The van der Waals surface area contributed by atoms with Gasteiger partial charge in [-0.1, -0.05) is 12.8 Å². The third kappa shape index (κ3) is 2.58. The number of hydrogen-bond donors (Lipinski definition) is 1. The molecule has 2 fully saturated rings. The molecule has 0 bridgehead atoms. The second-order valence-electron chi connectivity index (χ2n) is 5.80. The van der Waals surface area contributed by atoms with E-state index in [9.17, 15) is 0 Å². The second-order valence-corrected chi connectivity index (χ2v) is 7.17. The lowest BCUT2D eigenvalue weighted by atomic mass is 9.68. The van der Waals surface area contributed by atoms with Crippen molar-refractivity contribution in [3.8, 4) is 0 Å². The first kappa shape index (κ1) is 11.7. The Morgan fingerprint density at radius 3 is 2.24 bits per heavy atom. The normalized spacial score (nSPS) is 21.5. The van der Waals surface area contributed by atoms with Crippen LogP contribution in [0.2, 0.25) is 0 Å². The van der Waals surface area contributed by atoms with E-state index in [4.69, 9.17) is 0 Å². The number of aryl methyl sites for hydroxylation is 1. The number of hydrogen-bond acceptors (Lipinski definition) is 2. The predicted octanol–water partition coefficient (Wildman–Crippen LogP) is 4.11. The molecule has 2 aliphatic rings. The van der Waals surface area contributed by atoms with E-state index in [1.54, 1.807) is 0 Å². The van der Waals surface area contributed by atoms with Crippen LogP contribution in [0.25, 0.3) is 0 Å². The minimum absolute atomic E-state index is 0.819. The molecular weight excluding hydrogens is 226 g/mol. The van der Waals surface area contributed by atoms with Crippen LogP contribution >= 0.6 is 11.3 Å². The molecule has 3 rings (SSSR count). The fraction of sp³-hybridized carbons (Fsp3) is 0.733. The van der Waals surface area contributed by atoms with E-state index in [0.29, 0.717) is 0 Å². The van der Waals surface area contributed by atoms with Gasteiger partial charge in [0.25, 0.3) is 0 Å². The van der Waals surface area contributed by atoms with Crippen molar-refractivity contribution in [3.63, 3.8) is 0 Å². The maximum atomic E-state index is 3.86. The Morgan fingerprint density at radius 2 is 1.82 bits per heavy atom. The van der Waals surface area contributed by atoms with E-state index in [-0.39, 0.29) is 0 Å². The summed E-state index contributed by atoms with van der Waals surface area (Å²) in [5, 5.41) is 3.86. The van der Waals surface area contributed by atoms with E-state index in [1.807, 2.05) is 11.3 Å². The van der Waals surface area contributed by atoms with Crippen LogP contribution in [-0.4, -0.2) is 6.04 Å². The standard InChI is InChI=1S/C15H23NS/c1-11-8-9-14(17-11)10-16-15(12-4-2-5-12)13-6-3-7-13/h8-9,12-13,15-16H,2-7,10H2,1H3. The molecule has 2 saturated carbocycles. The van der Waals surface area contributed by atoms with Crippen molar-refractivity contribution in [2.75, 3.05) is 0 Å². The van der Waals surface area contributed by atoms with Gasteiger partial charge in [0.2, 0.25) is 0 Å². The minimum atomic E-state index is 0.819. The Bertz CT molecular complexity index is 349. The summed E-state index contributed by atoms with van der Waals surface area (Å²) in [6, 6.07) is 5.34. The van der Waals surface area contributed by atoms with E-state index in [2.05, 4.69) is 24.4 Å². The van der Waals surface area contributed by atoms with Crippen LogP contribution in [0.15, 0.2) is 12.1 Å². The van der Waals surface area contributed by atoms with Gasteiger partial charge in [-0.2, -0.15) is 0 Å². The second kappa shape index (κ2) is 5.11. The summed E-state index contributed by atoms with van der Waals surface area (Å²) in [6.45, 7) is 3.29. The fourth-order valence-electron chi connectivity index (χ4n) is 3.11. The SMILES string of the molecule is Cc1ccc(CNC(C2CCC2)C2CCC2)s1. The lowest BCUT2D eigenvalue weighted by Gasteiger charge is -2.43.